The number of hydrogen-bond acceptors (Lipinski definition) is 6. The number of carbonyl (C=O) groups is 2. The van der Waals surface area contributed by atoms with Crippen molar-refractivity contribution >= 4 is 23.4 Å². The van der Waals surface area contributed by atoms with Gasteiger partial charge >= 0.3 is 0 Å². The van der Waals surface area contributed by atoms with E-state index in [2.05, 4.69) is 15.2 Å². The van der Waals surface area contributed by atoms with E-state index in [9.17, 15) is 9.59 Å². The predicted octanol–water partition coefficient (Wildman–Crippen LogP) is 1.70. The smallest absolute Gasteiger partial charge is 0.270 e. The van der Waals surface area contributed by atoms with E-state index in [4.69, 9.17) is 21.1 Å². The van der Waals surface area contributed by atoms with Crippen LogP contribution in [-0.4, -0.2) is 79.6 Å². The molecule has 8 nitrogen and oxygen atoms in total. The molecule has 0 radical (unpaired) electrons. The van der Waals surface area contributed by atoms with Gasteiger partial charge in [0.25, 0.3) is 5.91 Å². The Morgan fingerprint density at radius 1 is 1.10 bits per heavy atom. The van der Waals surface area contributed by atoms with Gasteiger partial charge < -0.3 is 19.7 Å². The third-order valence-electron chi connectivity index (χ3n) is 4.82. The third kappa shape index (κ3) is 6.33. The van der Waals surface area contributed by atoms with Crippen LogP contribution in [0, 0.1) is 0 Å². The molecule has 30 heavy (non-hydrogen) atoms. The van der Waals surface area contributed by atoms with Crippen LogP contribution in [0.1, 0.15) is 10.5 Å². The van der Waals surface area contributed by atoms with E-state index in [0.29, 0.717) is 24.7 Å². The highest BCUT2D eigenvalue weighted by atomic mass is 35.5. The second-order valence-electron chi connectivity index (χ2n) is 6.79. The van der Waals surface area contributed by atoms with E-state index in [0.717, 1.165) is 31.1 Å². The maximum absolute atomic E-state index is 12.4. The molecule has 1 N–H and O–H groups in total. The Kier molecular flexibility index (Phi) is 7.87. The van der Waals surface area contributed by atoms with Crippen LogP contribution < -0.4 is 14.8 Å². The first-order valence-corrected chi connectivity index (χ1v) is 10.1. The van der Waals surface area contributed by atoms with Crippen LogP contribution in [0.3, 0.4) is 0 Å². The average molecular weight is 433 g/mol. The normalized spacial score (nSPS) is 14.3. The van der Waals surface area contributed by atoms with Crippen LogP contribution in [0.15, 0.2) is 42.6 Å². The molecule has 9 heteroatoms. The maximum atomic E-state index is 12.4. The maximum Gasteiger partial charge on any atom is 0.270 e. The molecular formula is C21H25ClN4O4. The second kappa shape index (κ2) is 10.8. The molecule has 1 fully saturated rings. The number of benzene rings is 1. The van der Waals surface area contributed by atoms with Gasteiger partial charge in [0.1, 0.15) is 23.8 Å². The van der Waals surface area contributed by atoms with Crippen molar-refractivity contribution in [2.45, 2.75) is 0 Å². The molecule has 1 saturated heterocycles. The van der Waals surface area contributed by atoms with E-state index < -0.39 is 5.91 Å². The van der Waals surface area contributed by atoms with Crippen molar-refractivity contribution in [2.24, 2.45) is 0 Å². The molecule has 1 aliphatic heterocycles. The van der Waals surface area contributed by atoms with E-state index >= 15 is 0 Å². The van der Waals surface area contributed by atoms with E-state index in [-0.39, 0.29) is 18.1 Å². The quantitative estimate of drug-likeness (QED) is 0.683. The highest BCUT2D eigenvalue weighted by Crippen LogP contribution is 2.17. The van der Waals surface area contributed by atoms with E-state index in [1.807, 2.05) is 24.3 Å². The fourth-order valence-corrected chi connectivity index (χ4v) is 3.23. The molecule has 0 aliphatic carbocycles. The Hall–Kier alpha value is -2.84. The van der Waals surface area contributed by atoms with E-state index in [1.54, 1.807) is 18.1 Å². The van der Waals surface area contributed by atoms with Gasteiger partial charge in [-0.3, -0.25) is 19.5 Å². The van der Waals surface area contributed by atoms with Gasteiger partial charge in [-0.2, -0.15) is 0 Å². The summed E-state index contributed by atoms with van der Waals surface area (Å²) in [6, 6.07) is 10.5. The van der Waals surface area contributed by atoms with Crippen LogP contribution in [0.2, 0.25) is 5.02 Å². The van der Waals surface area contributed by atoms with E-state index in [1.165, 1.54) is 12.3 Å². The number of carbonyl (C=O) groups excluding carboxylic acids is 2. The summed E-state index contributed by atoms with van der Waals surface area (Å²) in [4.78, 5) is 32.4. The molecule has 0 unspecified atom stereocenters. The van der Waals surface area contributed by atoms with Crippen molar-refractivity contribution < 1.29 is 19.1 Å². The predicted molar refractivity (Wildman–Crippen MR) is 113 cm³/mol. The lowest BCUT2D eigenvalue weighted by atomic mass is 10.3. The molecule has 160 valence electrons. The first kappa shape index (κ1) is 21.9. The summed E-state index contributed by atoms with van der Waals surface area (Å²) in [7, 11) is 1.63. The number of halogens is 1. The molecule has 3 rings (SSSR count). The lowest BCUT2D eigenvalue weighted by molar-refractivity contribution is -0.131. The highest BCUT2D eigenvalue weighted by molar-refractivity contribution is 6.30. The van der Waals surface area contributed by atoms with Crippen molar-refractivity contribution in [3.8, 4) is 11.5 Å². The van der Waals surface area contributed by atoms with Crippen molar-refractivity contribution in [1.82, 2.24) is 20.1 Å². The van der Waals surface area contributed by atoms with Gasteiger partial charge in [-0.15, -0.1) is 0 Å². The van der Waals surface area contributed by atoms with Gasteiger partial charge in [0.2, 0.25) is 5.91 Å². The third-order valence-corrected chi connectivity index (χ3v) is 5.05. The van der Waals surface area contributed by atoms with Gasteiger partial charge in [0.05, 0.1) is 13.7 Å². The molecule has 0 spiro atoms. The SMILES string of the molecule is COc1ccc(OCCN2CCN(C(=O)CNC(=O)c3cc(Cl)ccn3)CC2)cc1. The minimum Gasteiger partial charge on any atom is -0.497 e. The first-order chi connectivity index (χ1) is 14.5. The monoisotopic (exact) mass is 432 g/mol. The topological polar surface area (TPSA) is 84.0 Å². The molecule has 2 heterocycles. The summed E-state index contributed by atoms with van der Waals surface area (Å²) in [5.41, 5.74) is 0.192. The minimum atomic E-state index is -0.417. The molecule has 2 aromatic rings. The van der Waals surface area contributed by atoms with Crippen molar-refractivity contribution in [3.05, 3.63) is 53.3 Å². The molecule has 0 atom stereocenters. The van der Waals surface area contributed by atoms with Crippen molar-refractivity contribution in [1.29, 1.82) is 0 Å². The Bertz CT molecular complexity index is 854. The van der Waals surface area contributed by atoms with Gasteiger partial charge in [0.15, 0.2) is 0 Å². The molecule has 0 bridgehead atoms. The number of methoxy groups -OCH3 is 1. The fraction of sp³-hybridized carbons (Fsp3) is 0.381. The standard InChI is InChI=1S/C21H25ClN4O4/c1-29-17-2-4-18(5-3-17)30-13-12-25-8-10-26(11-9-25)20(27)15-24-21(28)19-14-16(22)6-7-23-19/h2-7,14H,8-13,15H2,1H3,(H,24,28). The molecule has 1 aromatic carbocycles. The summed E-state index contributed by atoms with van der Waals surface area (Å²) >= 11 is 5.86. The zero-order valence-electron chi connectivity index (χ0n) is 16.8. The average Bonchev–Trinajstić information content (AvgIpc) is 2.78. The molecule has 1 aromatic heterocycles. The second-order valence-corrected chi connectivity index (χ2v) is 7.22. The van der Waals surface area contributed by atoms with Crippen molar-refractivity contribution in [2.75, 3.05) is 53.0 Å². The summed E-state index contributed by atoms with van der Waals surface area (Å²) in [5.74, 6) is 1.07. The highest BCUT2D eigenvalue weighted by Gasteiger charge is 2.21. The van der Waals surface area contributed by atoms with Crippen LogP contribution in [0.4, 0.5) is 0 Å². The molecular weight excluding hydrogens is 408 g/mol. The largest absolute Gasteiger partial charge is 0.497 e. The van der Waals surface area contributed by atoms with Gasteiger partial charge in [-0.1, -0.05) is 11.6 Å². The number of amides is 2. The number of rotatable bonds is 8. The number of hydrogen-bond donors (Lipinski definition) is 1. The lowest BCUT2D eigenvalue weighted by Gasteiger charge is -2.34. The summed E-state index contributed by atoms with van der Waals surface area (Å²) in [6.45, 7) is 4.06. The number of ether oxygens (including phenoxy) is 2. The first-order valence-electron chi connectivity index (χ1n) is 9.72. The zero-order valence-corrected chi connectivity index (χ0v) is 17.6. The van der Waals surface area contributed by atoms with Crippen molar-refractivity contribution in [3.63, 3.8) is 0 Å². The van der Waals surface area contributed by atoms with Gasteiger partial charge in [-0.25, -0.2) is 0 Å². The Morgan fingerprint density at radius 3 is 2.47 bits per heavy atom. The summed E-state index contributed by atoms with van der Waals surface area (Å²) < 4.78 is 10.9. The fourth-order valence-electron chi connectivity index (χ4n) is 3.07. The minimum absolute atomic E-state index is 0.0619. The number of piperazine rings is 1. The van der Waals surface area contributed by atoms with Crippen LogP contribution in [0.5, 0.6) is 11.5 Å². The summed E-state index contributed by atoms with van der Waals surface area (Å²) in [5, 5.41) is 3.03. The van der Waals surface area contributed by atoms with Crippen LogP contribution in [0.25, 0.3) is 0 Å². The molecule has 1 aliphatic rings. The number of aromatic nitrogens is 1. The zero-order chi connectivity index (χ0) is 21.3. The number of pyridine rings is 1. The molecule has 0 saturated carbocycles. The number of nitrogens with one attached hydrogen (secondary N) is 1. The number of nitrogens with zero attached hydrogens (tertiary/aromatic N) is 3. The molecule has 2 amide bonds. The van der Waals surface area contributed by atoms with Gasteiger partial charge in [0, 0.05) is 43.9 Å². The van der Waals surface area contributed by atoms with Crippen LogP contribution in [-0.2, 0) is 4.79 Å². The Morgan fingerprint density at radius 2 is 1.80 bits per heavy atom. The van der Waals surface area contributed by atoms with Crippen LogP contribution >= 0.6 is 11.6 Å². The Labute approximate surface area is 180 Å². The summed E-state index contributed by atoms with van der Waals surface area (Å²) in [6.07, 6.45) is 1.46. The van der Waals surface area contributed by atoms with Gasteiger partial charge in [-0.05, 0) is 36.4 Å². The lowest BCUT2D eigenvalue weighted by Crippen LogP contribution is -2.51. The Balaban J connectivity index is 1.34.